The summed E-state index contributed by atoms with van der Waals surface area (Å²) >= 11 is 15.3. The number of rotatable bonds is 11. The van der Waals surface area contributed by atoms with Gasteiger partial charge in [-0.15, -0.1) is 0 Å². The number of ether oxygens (including phenoxy) is 3. The van der Waals surface area contributed by atoms with Crippen LogP contribution in [-0.2, 0) is 11.4 Å². The van der Waals surface area contributed by atoms with Crippen molar-refractivity contribution in [2.45, 2.75) is 6.61 Å². The van der Waals surface area contributed by atoms with E-state index in [1.54, 1.807) is 54.6 Å². The minimum Gasteiger partial charge on any atom is -0.493 e. The fourth-order valence-corrected chi connectivity index (χ4v) is 4.33. The number of methoxy groups -OCH3 is 1. The molecule has 0 spiro atoms. The zero-order valence-corrected chi connectivity index (χ0v) is 24.8. The predicted octanol–water partition coefficient (Wildman–Crippen LogP) is 7.12. The van der Waals surface area contributed by atoms with Gasteiger partial charge in [-0.2, -0.15) is 5.10 Å². The third-order valence-corrected chi connectivity index (χ3v) is 6.92. The Bertz CT molecular complexity index is 1570. The maximum absolute atomic E-state index is 12.6. The lowest BCUT2D eigenvalue weighted by atomic mass is 10.2. The van der Waals surface area contributed by atoms with Gasteiger partial charge in [-0.3, -0.25) is 9.59 Å². The number of hydrazone groups is 1. The number of nitrogens with zero attached hydrogens (tertiary/aromatic N) is 1. The number of carbonyl (C=O) groups excluding carboxylic acids is 2. The average molecular weight is 657 g/mol. The van der Waals surface area contributed by atoms with Crippen molar-refractivity contribution in [1.82, 2.24) is 5.43 Å². The van der Waals surface area contributed by atoms with E-state index in [2.05, 4.69) is 31.8 Å². The fraction of sp³-hybridized carbons (Fsp3) is 0.100. The molecule has 0 unspecified atom stereocenters. The van der Waals surface area contributed by atoms with E-state index in [-0.39, 0.29) is 12.5 Å². The predicted molar refractivity (Wildman–Crippen MR) is 164 cm³/mol. The van der Waals surface area contributed by atoms with Crippen LogP contribution in [0.25, 0.3) is 0 Å². The van der Waals surface area contributed by atoms with Gasteiger partial charge in [0.15, 0.2) is 18.1 Å². The number of benzene rings is 4. The van der Waals surface area contributed by atoms with E-state index in [0.29, 0.717) is 55.2 Å². The second-order valence-electron chi connectivity index (χ2n) is 8.49. The Kier molecular flexibility index (Phi) is 10.6. The molecular formula is C30H24BrCl2N3O5. The molecule has 0 radical (unpaired) electrons. The van der Waals surface area contributed by atoms with Crippen LogP contribution in [0.15, 0.2) is 94.5 Å². The van der Waals surface area contributed by atoms with Gasteiger partial charge in [0.1, 0.15) is 12.4 Å². The largest absolute Gasteiger partial charge is 0.493 e. The van der Waals surface area contributed by atoms with Crippen molar-refractivity contribution in [3.05, 3.63) is 116 Å². The Morgan fingerprint density at radius 1 is 0.878 bits per heavy atom. The van der Waals surface area contributed by atoms with Crippen molar-refractivity contribution in [2.75, 3.05) is 19.0 Å². The molecule has 0 saturated carbocycles. The number of hydrogen-bond donors (Lipinski definition) is 2. The summed E-state index contributed by atoms with van der Waals surface area (Å²) in [7, 11) is 1.51. The Morgan fingerprint density at radius 2 is 1.66 bits per heavy atom. The highest BCUT2D eigenvalue weighted by Crippen LogP contribution is 2.29. The number of anilines is 1. The summed E-state index contributed by atoms with van der Waals surface area (Å²) in [6, 6.07) is 24.6. The summed E-state index contributed by atoms with van der Waals surface area (Å²) < 4.78 is 17.4. The van der Waals surface area contributed by atoms with Crippen LogP contribution < -0.4 is 25.0 Å². The molecule has 4 aromatic rings. The molecule has 4 aromatic carbocycles. The molecule has 11 heteroatoms. The Morgan fingerprint density at radius 3 is 2.39 bits per heavy atom. The van der Waals surface area contributed by atoms with Crippen LogP contribution in [0.4, 0.5) is 5.69 Å². The molecule has 0 atom stereocenters. The molecule has 4 rings (SSSR count). The topological polar surface area (TPSA) is 98.3 Å². The van der Waals surface area contributed by atoms with Crippen LogP contribution in [0.2, 0.25) is 10.0 Å². The smallest absolute Gasteiger partial charge is 0.271 e. The maximum Gasteiger partial charge on any atom is 0.271 e. The average Bonchev–Trinajstić information content (AvgIpc) is 2.98. The summed E-state index contributed by atoms with van der Waals surface area (Å²) in [5.41, 5.74) is 5.06. The summed E-state index contributed by atoms with van der Waals surface area (Å²) in [5.74, 6) is 0.632. The fourth-order valence-electron chi connectivity index (χ4n) is 3.52. The number of carbonyl (C=O) groups is 2. The molecule has 0 aliphatic carbocycles. The third-order valence-electron chi connectivity index (χ3n) is 5.56. The third kappa shape index (κ3) is 8.72. The quantitative estimate of drug-likeness (QED) is 0.132. The van der Waals surface area contributed by atoms with Crippen LogP contribution in [0.3, 0.4) is 0 Å². The number of amides is 2. The molecule has 0 aliphatic rings. The van der Waals surface area contributed by atoms with Crippen molar-refractivity contribution in [3.63, 3.8) is 0 Å². The van der Waals surface area contributed by atoms with E-state index in [1.165, 1.54) is 13.3 Å². The first kappa shape index (κ1) is 29.9. The molecule has 0 bridgehead atoms. The minimum absolute atomic E-state index is 0.220. The van der Waals surface area contributed by atoms with Crippen LogP contribution in [-0.4, -0.2) is 31.7 Å². The first-order chi connectivity index (χ1) is 19.8. The SMILES string of the molecule is COc1cc(C(=O)N/N=C/c2ccc(OCC(=O)Nc3ccc(Cl)c(Cl)c3)c(Br)c2)ccc1OCc1ccccc1. The first-order valence-corrected chi connectivity index (χ1v) is 13.7. The first-order valence-electron chi connectivity index (χ1n) is 12.2. The standard InChI is InChI=1S/C30H24BrCl2N3O5/c1-39-28-14-21(8-12-27(28)40-17-19-5-3-2-4-6-19)30(38)36-34-16-20-7-11-26(23(31)13-20)41-18-29(37)35-22-9-10-24(32)25(33)15-22/h2-16H,17-18H2,1H3,(H,35,37)(H,36,38)/b34-16+. The second kappa shape index (κ2) is 14.5. The number of hydrogen-bond acceptors (Lipinski definition) is 6. The lowest BCUT2D eigenvalue weighted by Gasteiger charge is -2.12. The molecule has 8 nitrogen and oxygen atoms in total. The molecule has 41 heavy (non-hydrogen) atoms. The molecular weight excluding hydrogens is 633 g/mol. The van der Waals surface area contributed by atoms with Crippen molar-refractivity contribution in [3.8, 4) is 17.2 Å². The molecule has 0 saturated heterocycles. The van der Waals surface area contributed by atoms with E-state index in [4.69, 9.17) is 37.4 Å². The number of nitrogens with one attached hydrogen (secondary N) is 2. The van der Waals surface area contributed by atoms with E-state index in [1.807, 2.05) is 30.3 Å². The summed E-state index contributed by atoms with van der Waals surface area (Å²) in [4.78, 5) is 24.9. The second-order valence-corrected chi connectivity index (χ2v) is 10.2. The highest BCUT2D eigenvalue weighted by Gasteiger charge is 2.12. The highest BCUT2D eigenvalue weighted by molar-refractivity contribution is 9.10. The van der Waals surface area contributed by atoms with E-state index >= 15 is 0 Å². The van der Waals surface area contributed by atoms with Gasteiger partial charge in [0, 0.05) is 11.3 Å². The van der Waals surface area contributed by atoms with E-state index in [9.17, 15) is 9.59 Å². The van der Waals surface area contributed by atoms with Crippen LogP contribution in [0.1, 0.15) is 21.5 Å². The van der Waals surface area contributed by atoms with Gasteiger partial charge in [-0.05, 0) is 81.7 Å². The van der Waals surface area contributed by atoms with Crippen molar-refractivity contribution < 1.29 is 23.8 Å². The summed E-state index contributed by atoms with van der Waals surface area (Å²) in [5, 5.41) is 7.45. The Balaban J connectivity index is 1.28. The monoisotopic (exact) mass is 655 g/mol. The minimum atomic E-state index is -0.416. The normalized spacial score (nSPS) is 10.7. The molecule has 2 N–H and O–H groups in total. The molecule has 0 aliphatic heterocycles. The Labute approximate surface area is 255 Å². The van der Waals surface area contributed by atoms with Crippen LogP contribution in [0, 0.1) is 0 Å². The zero-order chi connectivity index (χ0) is 29.2. The van der Waals surface area contributed by atoms with Crippen molar-refractivity contribution in [1.29, 1.82) is 0 Å². The lowest BCUT2D eigenvalue weighted by molar-refractivity contribution is -0.118. The van der Waals surface area contributed by atoms with Gasteiger partial charge in [-0.25, -0.2) is 5.43 Å². The van der Waals surface area contributed by atoms with Gasteiger partial charge in [0.2, 0.25) is 0 Å². The molecule has 0 fully saturated rings. The van der Waals surface area contributed by atoms with Gasteiger partial charge in [0.25, 0.3) is 11.8 Å². The maximum atomic E-state index is 12.6. The van der Waals surface area contributed by atoms with Gasteiger partial charge in [0.05, 0.1) is 27.8 Å². The molecule has 210 valence electrons. The van der Waals surface area contributed by atoms with Gasteiger partial charge >= 0.3 is 0 Å². The van der Waals surface area contributed by atoms with Crippen LogP contribution in [0.5, 0.6) is 17.2 Å². The van der Waals surface area contributed by atoms with E-state index in [0.717, 1.165) is 5.56 Å². The lowest BCUT2D eigenvalue weighted by Crippen LogP contribution is -2.20. The van der Waals surface area contributed by atoms with E-state index < -0.39 is 5.91 Å². The van der Waals surface area contributed by atoms with Crippen molar-refractivity contribution in [2.24, 2.45) is 5.10 Å². The molecule has 0 aromatic heterocycles. The Hall–Kier alpha value is -4.05. The van der Waals surface area contributed by atoms with Crippen LogP contribution >= 0.6 is 39.1 Å². The zero-order valence-electron chi connectivity index (χ0n) is 21.7. The molecule has 0 heterocycles. The van der Waals surface area contributed by atoms with Gasteiger partial charge in [-0.1, -0.05) is 53.5 Å². The van der Waals surface area contributed by atoms with Gasteiger partial charge < -0.3 is 19.5 Å². The summed E-state index contributed by atoms with van der Waals surface area (Å²) in [6.07, 6.45) is 1.48. The molecule has 2 amide bonds. The summed E-state index contributed by atoms with van der Waals surface area (Å²) in [6.45, 7) is 0.153. The highest BCUT2D eigenvalue weighted by atomic mass is 79.9. The van der Waals surface area contributed by atoms with Crippen molar-refractivity contribution >= 4 is 62.8 Å². The number of halogens is 3.